The lowest BCUT2D eigenvalue weighted by molar-refractivity contribution is -0.0465. The van der Waals surface area contributed by atoms with E-state index in [0.29, 0.717) is 17.3 Å². The Bertz CT molecular complexity index is 994. The maximum atomic E-state index is 6.35. The molecule has 1 fully saturated rings. The molecule has 1 atom stereocenters. The molecule has 0 saturated carbocycles. The molecule has 0 spiro atoms. The van der Waals surface area contributed by atoms with Crippen LogP contribution in [0.4, 0.5) is 17.2 Å². The maximum absolute atomic E-state index is 6.35. The third-order valence-electron chi connectivity index (χ3n) is 4.92. The molecule has 1 aromatic heterocycles. The van der Waals surface area contributed by atoms with Crippen LogP contribution in [0.1, 0.15) is 13.3 Å². The second kappa shape index (κ2) is 8.94. The number of halogens is 1. The fourth-order valence-electron chi connectivity index (χ4n) is 3.43. The van der Waals surface area contributed by atoms with Crippen LogP contribution in [0.3, 0.4) is 0 Å². The zero-order chi connectivity index (χ0) is 20.2. The number of nitrogens with zero attached hydrogens (tertiary/aromatic N) is 3. The molecule has 1 aliphatic heterocycles. The molecule has 3 aromatic rings. The van der Waals surface area contributed by atoms with Crippen molar-refractivity contribution >= 4 is 44.0 Å². The molecule has 3 N–H and O–H groups in total. The minimum absolute atomic E-state index is 0.0419. The van der Waals surface area contributed by atoms with Crippen molar-refractivity contribution in [2.45, 2.75) is 19.6 Å². The van der Waals surface area contributed by atoms with Gasteiger partial charge in [-0.3, -0.25) is 4.90 Å². The summed E-state index contributed by atoms with van der Waals surface area (Å²) in [6.07, 6.45) is 2.36. The van der Waals surface area contributed by atoms with Crippen molar-refractivity contribution in [3.63, 3.8) is 0 Å². The first-order valence-corrected chi connectivity index (χ1v) is 10.5. The summed E-state index contributed by atoms with van der Waals surface area (Å²) in [5, 5.41) is 4.18. The van der Waals surface area contributed by atoms with E-state index in [0.717, 1.165) is 53.8 Å². The van der Waals surface area contributed by atoms with E-state index in [-0.39, 0.29) is 6.23 Å². The summed E-state index contributed by atoms with van der Waals surface area (Å²) in [5.41, 5.74) is 8.62. The smallest absolute Gasteiger partial charge is 0.152 e. The van der Waals surface area contributed by atoms with Gasteiger partial charge in [-0.2, -0.15) is 0 Å². The Kier molecular flexibility index (Phi) is 6.13. The zero-order valence-corrected chi connectivity index (χ0v) is 17.9. The van der Waals surface area contributed by atoms with Crippen LogP contribution >= 0.6 is 15.9 Å². The van der Waals surface area contributed by atoms with Gasteiger partial charge in [0.25, 0.3) is 0 Å². The summed E-state index contributed by atoms with van der Waals surface area (Å²) in [4.78, 5) is 11.1. The average molecular weight is 458 g/mol. The number of rotatable bonds is 6. The van der Waals surface area contributed by atoms with Crippen LogP contribution < -0.4 is 15.8 Å². The number of nitrogens with one attached hydrogen (secondary N) is 1. The predicted molar refractivity (Wildman–Crippen MR) is 118 cm³/mol. The van der Waals surface area contributed by atoms with Crippen LogP contribution in [0.25, 0.3) is 10.9 Å². The Labute approximate surface area is 178 Å². The Morgan fingerprint density at radius 1 is 1.24 bits per heavy atom. The minimum Gasteiger partial charge on any atom is -0.473 e. The Balaban J connectivity index is 1.61. The van der Waals surface area contributed by atoms with Crippen LogP contribution in [0, 0.1) is 0 Å². The minimum atomic E-state index is -0.0419. The van der Waals surface area contributed by atoms with E-state index in [2.05, 4.69) is 43.0 Å². The van der Waals surface area contributed by atoms with Gasteiger partial charge in [-0.15, -0.1) is 0 Å². The first-order chi connectivity index (χ1) is 14.1. The molecule has 0 amide bonds. The van der Waals surface area contributed by atoms with Crippen molar-refractivity contribution in [3.05, 3.63) is 47.2 Å². The second-order valence-electron chi connectivity index (χ2n) is 6.89. The van der Waals surface area contributed by atoms with Gasteiger partial charge >= 0.3 is 0 Å². The van der Waals surface area contributed by atoms with Crippen molar-refractivity contribution in [1.29, 1.82) is 0 Å². The predicted octanol–water partition coefficient (Wildman–Crippen LogP) is 4.17. The average Bonchev–Trinajstić information content (AvgIpc) is 2.73. The van der Waals surface area contributed by atoms with Gasteiger partial charge in [0.05, 0.1) is 24.4 Å². The number of fused-ring (bicyclic) bond motifs is 1. The molecule has 2 aromatic carbocycles. The van der Waals surface area contributed by atoms with Gasteiger partial charge < -0.3 is 20.5 Å². The molecule has 152 valence electrons. The number of hydrogen-bond acceptors (Lipinski definition) is 7. The van der Waals surface area contributed by atoms with Crippen molar-refractivity contribution in [2.75, 3.05) is 37.4 Å². The van der Waals surface area contributed by atoms with Crippen LogP contribution in [-0.2, 0) is 4.74 Å². The molecule has 0 radical (unpaired) electrons. The largest absolute Gasteiger partial charge is 0.473 e. The standard InChI is InChI=1S/C21H24BrN5O2/c1-2-20(27-6-8-28-9-7-27)29-19-12-18-16(11-17(19)23)21(25-13-24-18)26-15-5-3-4-14(22)10-15/h3-5,10-13,20H,2,6-9,23H2,1H3,(H,24,25,26). The van der Waals surface area contributed by atoms with Crippen LogP contribution in [0.15, 0.2) is 47.2 Å². The van der Waals surface area contributed by atoms with E-state index >= 15 is 0 Å². The molecule has 1 unspecified atom stereocenters. The Morgan fingerprint density at radius 3 is 2.83 bits per heavy atom. The summed E-state index contributed by atoms with van der Waals surface area (Å²) in [6, 6.07) is 11.7. The number of benzene rings is 2. The van der Waals surface area contributed by atoms with Gasteiger partial charge in [0, 0.05) is 34.7 Å². The molecule has 1 saturated heterocycles. The summed E-state index contributed by atoms with van der Waals surface area (Å²) in [6.45, 7) is 5.28. The number of hydrogen-bond donors (Lipinski definition) is 2. The quantitative estimate of drug-likeness (QED) is 0.537. The van der Waals surface area contributed by atoms with Crippen molar-refractivity contribution in [1.82, 2.24) is 14.9 Å². The maximum Gasteiger partial charge on any atom is 0.152 e. The molecular weight excluding hydrogens is 434 g/mol. The lowest BCUT2D eigenvalue weighted by Gasteiger charge is -2.34. The highest BCUT2D eigenvalue weighted by Crippen LogP contribution is 2.33. The van der Waals surface area contributed by atoms with Gasteiger partial charge in [-0.1, -0.05) is 28.9 Å². The topological polar surface area (TPSA) is 85.5 Å². The van der Waals surface area contributed by atoms with Gasteiger partial charge in [0.15, 0.2) is 6.23 Å². The van der Waals surface area contributed by atoms with E-state index < -0.39 is 0 Å². The number of anilines is 3. The number of morpholine rings is 1. The van der Waals surface area contributed by atoms with Gasteiger partial charge in [-0.05, 0) is 30.7 Å². The highest BCUT2D eigenvalue weighted by molar-refractivity contribution is 9.10. The van der Waals surface area contributed by atoms with E-state index in [1.807, 2.05) is 36.4 Å². The van der Waals surface area contributed by atoms with Crippen molar-refractivity contribution < 1.29 is 9.47 Å². The SMILES string of the molecule is CCC(Oc1cc2ncnc(Nc3cccc(Br)c3)c2cc1N)N1CCOCC1. The van der Waals surface area contributed by atoms with Crippen molar-refractivity contribution in [2.24, 2.45) is 0 Å². The van der Waals surface area contributed by atoms with Gasteiger partial charge in [-0.25, -0.2) is 9.97 Å². The highest BCUT2D eigenvalue weighted by Gasteiger charge is 2.22. The second-order valence-corrected chi connectivity index (χ2v) is 7.81. The number of nitrogens with two attached hydrogens (primary N) is 1. The molecular formula is C21H24BrN5O2. The van der Waals surface area contributed by atoms with E-state index in [9.17, 15) is 0 Å². The van der Waals surface area contributed by atoms with Crippen LogP contribution in [0.5, 0.6) is 5.75 Å². The molecule has 7 nitrogen and oxygen atoms in total. The third-order valence-corrected chi connectivity index (χ3v) is 5.41. The first-order valence-electron chi connectivity index (χ1n) is 9.69. The molecule has 4 rings (SSSR count). The van der Waals surface area contributed by atoms with Crippen LogP contribution in [-0.4, -0.2) is 47.4 Å². The summed E-state index contributed by atoms with van der Waals surface area (Å²) < 4.78 is 12.7. The number of ether oxygens (including phenoxy) is 2. The Hall–Kier alpha value is -2.42. The normalized spacial score (nSPS) is 15.9. The summed E-state index contributed by atoms with van der Waals surface area (Å²) >= 11 is 3.49. The molecule has 29 heavy (non-hydrogen) atoms. The molecule has 2 heterocycles. The zero-order valence-electron chi connectivity index (χ0n) is 16.3. The van der Waals surface area contributed by atoms with E-state index in [4.69, 9.17) is 15.2 Å². The highest BCUT2D eigenvalue weighted by atomic mass is 79.9. The van der Waals surface area contributed by atoms with Crippen LogP contribution in [0.2, 0.25) is 0 Å². The van der Waals surface area contributed by atoms with E-state index in [1.54, 1.807) is 6.33 Å². The lowest BCUT2D eigenvalue weighted by atomic mass is 10.2. The van der Waals surface area contributed by atoms with Gasteiger partial charge in [0.1, 0.15) is 17.9 Å². The number of aromatic nitrogens is 2. The monoisotopic (exact) mass is 457 g/mol. The number of nitrogen functional groups attached to an aromatic ring is 1. The third kappa shape index (κ3) is 4.60. The first kappa shape index (κ1) is 19.9. The molecule has 1 aliphatic rings. The summed E-state index contributed by atoms with van der Waals surface area (Å²) in [5.74, 6) is 1.34. The fraction of sp³-hybridized carbons (Fsp3) is 0.333. The van der Waals surface area contributed by atoms with Gasteiger partial charge in [0.2, 0.25) is 0 Å². The summed E-state index contributed by atoms with van der Waals surface area (Å²) in [7, 11) is 0. The van der Waals surface area contributed by atoms with Crippen molar-refractivity contribution in [3.8, 4) is 5.75 Å². The fourth-order valence-corrected chi connectivity index (χ4v) is 3.83. The molecule has 0 aliphatic carbocycles. The van der Waals surface area contributed by atoms with E-state index in [1.165, 1.54) is 0 Å². The Morgan fingerprint density at radius 2 is 2.07 bits per heavy atom. The molecule has 0 bridgehead atoms. The molecule has 8 heteroatoms. The lowest BCUT2D eigenvalue weighted by Crippen LogP contribution is -2.46.